The van der Waals surface area contributed by atoms with Gasteiger partial charge in [0.1, 0.15) is 5.82 Å². The second kappa shape index (κ2) is 6.96. The monoisotopic (exact) mass is 338 g/mol. The van der Waals surface area contributed by atoms with Crippen molar-refractivity contribution in [2.75, 3.05) is 5.32 Å². The Bertz CT molecular complexity index is 915. The number of H-pyrrole nitrogens is 1. The van der Waals surface area contributed by atoms with E-state index in [1.807, 2.05) is 30.3 Å². The molecule has 0 saturated heterocycles. The number of aliphatic hydroxyl groups is 1. The van der Waals surface area contributed by atoms with E-state index in [9.17, 15) is 9.90 Å². The van der Waals surface area contributed by atoms with E-state index >= 15 is 0 Å². The van der Waals surface area contributed by atoms with Crippen LogP contribution in [0.3, 0.4) is 0 Å². The van der Waals surface area contributed by atoms with Crippen LogP contribution in [0.2, 0.25) is 0 Å². The maximum absolute atomic E-state index is 11.8. The first-order valence-corrected chi connectivity index (χ1v) is 8.25. The molecule has 0 radical (unpaired) electrons. The zero-order valence-corrected chi connectivity index (χ0v) is 14.0. The first-order chi connectivity index (χ1) is 12.0. The lowest BCUT2D eigenvalue weighted by Gasteiger charge is -2.09. The Hall–Kier alpha value is -2.83. The Kier molecular flexibility index (Phi) is 4.74. The summed E-state index contributed by atoms with van der Waals surface area (Å²) < 4.78 is 0. The Morgan fingerprint density at radius 3 is 2.72 bits per heavy atom. The normalized spacial score (nSPS) is 12.3. The summed E-state index contributed by atoms with van der Waals surface area (Å²) in [6, 6.07) is 14.1. The molecule has 3 rings (SSSR count). The first kappa shape index (κ1) is 17.0. The number of nitrogens with one attached hydrogen (secondary N) is 2. The third kappa shape index (κ3) is 3.35. The summed E-state index contributed by atoms with van der Waals surface area (Å²) in [7, 11) is 0. The van der Waals surface area contributed by atoms with Gasteiger partial charge in [-0.05, 0) is 29.2 Å². The molecule has 7 N–H and O–H groups in total. The Morgan fingerprint density at radius 1 is 1.28 bits per heavy atom. The van der Waals surface area contributed by atoms with Crippen LogP contribution < -0.4 is 16.8 Å². The van der Waals surface area contributed by atoms with Crippen molar-refractivity contribution >= 4 is 22.6 Å². The van der Waals surface area contributed by atoms with Crippen molar-refractivity contribution in [3.05, 3.63) is 53.6 Å². The summed E-state index contributed by atoms with van der Waals surface area (Å²) in [5.74, 6) is -0.273. The fraction of sp³-hybridized carbons (Fsp3) is 0.211. The minimum atomic E-state index is -1.30. The van der Waals surface area contributed by atoms with Gasteiger partial charge < -0.3 is 21.1 Å². The molecule has 6 nitrogen and oxygen atoms in total. The maximum atomic E-state index is 11.8. The summed E-state index contributed by atoms with van der Waals surface area (Å²) in [6.07, 6.45) is 0.768. The number of aliphatic hydroxyl groups excluding tert-OH is 1. The highest BCUT2D eigenvalue weighted by Gasteiger charge is 2.18. The van der Waals surface area contributed by atoms with Gasteiger partial charge in [0.25, 0.3) is 5.91 Å². The van der Waals surface area contributed by atoms with E-state index < -0.39 is 12.3 Å². The standard InChI is InChI=1S/C19H22N4O2/c1-2-5-11-6-3-4-7-13(11)12-8-9-14-15(10-12)22-18(23-19(21)25)16(14)17(20)24/h3-4,6-10,19,22-23,25H,2,5,21H2,1H3,(H2,20,24). The van der Waals surface area contributed by atoms with Crippen LogP contribution in [-0.4, -0.2) is 22.3 Å². The second-order valence-corrected chi connectivity index (χ2v) is 6.00. The van der Waals surface area contributed by atoms with E-state index in [2.05, 4.69) is 29.4 Å². The van der Waals surface area contributed by atoms with Gasteiger partial charge in [-0.1, -0.05) is 49.7 Å². The van der Waals surface area contributed by atoms with E-state index in [4.69, 9.17) is 11.5 Å². The third-order valence-corrected chi connectivity index (χ3v) is 4.18. The van der Waals surface area contributed by atoms with Gasteiger partial charge in [-0.2, -0.15) is 0 Å². The molecule has 0 aliphatic carbocycles. The maximum Gasteiger partial charge on any atom is 0.253 e. The molecule has 0 bridgehead atoms. The van der Waals surface area contributed by atoms with Gasteiger partial charge in [0.05, 0.1) is 5.56 Å². The molecular formula is C19H22N4O2. The molecule has 3 aromatic rings. The van der Waals surface area contributed by atoms with E-state index in [1.54, 1.807) is 0 Å². The number of fused-ring (bicyclic) bond motifs is 1. The number of hydrogen-bond acceptors (Lipinski definition) is 4. The van der Waals surface area contributed by atoms with Crippen LogP contribution >= 0.6 is 0 Å². The zero-order valence-electron chi connectivity index (χ0n) is 14.0. The fourth-order valence-corrected chi connectivity index (χ4v) is 3.17. The topological polar surface area (TPSA) is 117 Å². The van der Waals surface area contributed by atoms with Crippen molar-refractivity contribution < 1.29 is 9.90 Å². The molecule has 0 saturated carbocycles. The molecule has 1 aromatic heterocycles. The molecule has 0 aliphatic rings. The van der Waals surface area contributed by atoms with Crippen molar-refractivity contribution in [1.29, 1.82) is 0 Å². The van der Waals surface area contributed by atoms with E-state index in [0.29, 0.717) is 11.2 Å². The number of amides is 1. The second-order valence-electron chi connectivity index (χ2n) is 6.00. The number of nitrogens with two attached hydrogens (primary N) is 2. The summed E-state index contributed by atoms with van der Waals surface area (Å²) in [4.78, 5) is 14.9. The predicted octanol–water partition coefficient (Wildman–Crippen LogP) is 2.53. The molecule has 0 aliphatic heterocycles. The highest BCUT2D eigenvalue weighted by molar-refractivity contribution is 6.11. The average molecular weight is 338 g/mol. The number of carbonyl (C=O) groups is 1. The molecule has 25 heavy (non-hydrogen) atoms. The predicted molar refractivity (Wildman–Crippen MR) is 100 cm³/mol. The van der Waals surface area contributed by atoms with Gasteiger partial charge in [-0.25, -0.2) is 0 Å². The minimum absolute atomic E-state index is 0.285. The molecule has 130 valence electrons. The van der Waals surface area contributed by atoms with Crippen molar-refractivity contribution in [3.63, 3.8) is 0 Å². The van der Waals surface area contributed by atoms with E-state index in [1.165, 1.54) is 5.56 Å². The number of aromatic nitrogens is 1. The van der Waals surface area contributed by atoms with Crippen LogP contribution in [0.4, 0.5) is 5.82 Å². The molecule has 1 heterocycles. The zero-order chi connectivity index (χ0) is 18.0. The average Bonchev–Trinajstić information content (AvgIpc) is 2.91. The van der Waals surface area contributed by atoms with Crippen LogP contribution in [0.5, 0.6) is 0 Å². The Labute approximate surface area is 145 Å². The lowest BCUT2D eigenvalue weighted by molar-refractivity contribution is 0.100. The summed E-state index contributed by atoms with van der Waals surface area (Å²) in [5.41, 5.74) is 15.4. The van der Waals surface area contributed by atoms with Crippen LogP contribution in [0.25, 0.3) is 22.0 Å². The number of aromatic amines is 1. The summed E-state index contributed by atoms with van der Waals surface area (Å²) in [5, 5.41) is 12.7. The Balaban J connectivity index is 2.14. The number of hydrogen-bond donors (Lipinski definition) is 5. The van der Waals surface area contributed by atoms with E-state index in [-0.39, 0.29) is 5.56 Å². The van der Waals surface area contributed by atoms with Crippen LogP contribution in [-0.2, 0) is 6.42 Å². The highest BCUT2D eigenvalue weighted by Crippen LogP contribution is 2.32. The molecule has 0 spiro atoms. The lowest BCUT2D eigenvalue weighted by Crippen LogP contribution is -2.30. The first-order valence-electron chi connectivity index (χ1n) is 8.25. The van der Waals surface area contributed by atoms with Gasteiger partial charge in [-0.15, -0.1) is 0 Å². The quantitative estimate of drug-likeness (QED) is 0.444. The number of rotatable bonds is 6. The molecule has 2 aromatic carbocycles. The van der Waals surface area contributed by atoms with Crippen LogP contribution in [0, 0.1) is 0 Å². The molecule has 0 fully saturated rings. The SMILES string of the molecule is CCCc1ccccc1-c1ccc2c(C(N)=O)c(NC(N)O)[nH]c2c1. The van der Waals surface area contributed by atoms with Crippen LogP contribution in [0.1, 0.15) is 29.3 Å². The summed E-state index contributed by atoms with van der Waals surface area (Å²) in [6.45, 7) is 2.15. The molecule has 6 heteroatoms. The van der Waals surface area contributed by atoms with Crippen molar-refractivity contribution in [2.45, 2.75) is 26.1 Å². The fourth-order valence-electron chi connectivity index (χ4n) is 3.17. The van der Waals surface area contributed by atoms with Crippen LogP contribution in [0.15, 0.2) is 42.5 Å². The lowest BCUT2D eigenvalue weighted by atomic mass is 9.96. The molecule has 1 atom stereocenters. The largest absolute Gasteiger partial charge is 0.365 e. The number of primary amides is 1. The number of carbonyl (C=O) groups excluding carboxylic acids is 1. The van der Waals surface area contributed by atoms with Gasteiger partial charge in [0, 0.05) is 10.9 Å². The molecule has 1 unspecified atom stereocenters. The summed E-state index contributed by atoms with van der Waals surface area (Å²) >= 11 is 0. The Morgan fingerprint density at radius 2 is 2.04 bits per heavy atom. The van der Waals surface area contributed by atoms with Crippen molar-refractivity contribution in [3.8, 4) is 11.1 Å². The third-order valence-electron chi connectivity index (χ3n) is 4.18. The van der Waals surface area contributed by atoms with E-state index in [0.717, 1.165) is 29.5 Å². The molecule has 1 amide bonds. The van der Waals surface area contributed by atoms with Gasteiger partial charge >= 0.3 is 0 Å². The number of anilines is 1. The van der Waals surface area contributed by atoms with Crippen molar-refractivity contribution in [1.82, 2.24) is 4.98 Å². The minimum Gasteiger partial charge on any atom is -0.365 e. The van der Waals surface area contributed by atoms with Gasteiger partial charge in [-0.3, -0.25) is 10.5 Å². The number of benzene rings is 2. The van der Waals surface area contributed by atoms with Crippen molar-refractivity contribution in [2.24, 2.45) is 11.5 Å². The molecular weight excluding hydrogens is 316 g/mol. The smallest absolute Gasteiger partial charge is 0.253 e. The van der Waals surface area contributed by atoms with Gasteiger partial charge in [0.2, 0.25) is 0 Å². The van der Waals surface area contributed by atoms with Gasteiger partial charge in [0.15, 0.2) is 6.35 Å². The number of aryl methyl sites for hydroxylation is 1. The highest BCUT2D eigenvalue weighted by atomic mass is 16.3.